The minimum atomic E-state index is 0.740. The van der Waals surface area contributed by atoms with Gasteiger partial charge in [-0.3, -0.25) is 9.58 Å². The van der Waals surface area contributed by atoms with Gasteiger partial charge in [0.15, 0.2) is 6.39 Å². The Hall–Kier alpha value is -1.66. The molecule has 2 aliphatic rings. The number of hydrogen-bond donors (Lipinski definition) is 0. The van der Waals surface area contributed by atoms with Crippen LogP contribution in [0, 0.1) is 0 Å². The molecule has 0 bridgehead atoms. The average molecular weight is 344 g/mol. The highest BCUT2D eigenvalue weighted by Crippen LogP contribution is 2.33. The van der Waals surface area contributed by atoms with Crippen molar-refractivity contribution < 1.29 is 9.15 Å². The molecule has 0 spiro atoms. The molecule has 136 valence electrons. The first-order valence-electron chi connectivity index (χ1n) is 9.57. The number of aromatic nitrogens is 3. The van der Waals surface area contributed by atoms with Crippen molar-refractivity contribution in [1.29, 1.82) is 0 Å². The molecule has 25 heavy (non-hydrogen) atoms. The first kappa shape index (κ1) is 16.8. The van der Waals surface area contributed by atoms with E-state index in [1.807, 2.05) is 0 Å². The summed E-state index contributed by atoms with van der Waals surface area (Å²) in [6.07, 6.45) is 12.1. The second-order valence-corrected chi connectivity index (χ2v) is 7.23. The molecule has 1 aliphatic carbocycles. The Bertz CT molecular complexity index is 674. The zero-order valence-electron chi connectivity index (χ0n) is 15.1. The van der Waals surface area contributed by atoms with Crippen LogP contribution in [0.2, 0.25) is 0 Å². The molecule has 4 rings (SSSR count). The Labute approximate surface area is 149 Å². The van der Waals surface area contributed by atoms with Gasteiger partial charge < -0.3 is 9.15 Å². The normalized spacial score (nSPS) is 19.2. The van der Waals surface area contributed by atoms with Crippen LogP contribution >= 0.6 is 0 Å². The number of nitrogens with zero attached hydrogens (tertiary/aromatic N) is 4. The summed E-state index contributed by atoms with van der Waals surface area (Å²) in [4.78, 5) is 7.03. The summed E-state index contributed by atoms with van der Waals surface area (Å²) in [5.74, 6) is 0. The molecule has 2 aromatic rings. The van der Waals surface area contributed by atoms with Crippen LogP contribution < -0.4 is 0 Å². The van der Waals surface area contributed by atoms with E-state index in [0.717, 1.165) is 56.5 Å². The van der Waals surface area contributed by atoms with E-state index in [4.69, 9.17) is 14.3 Å². The second kappa shape index (κ2) is 7.70. The lowest BCUT2D eigenvalue weighted by Crippen LogP contribution is -2.40. The van der Waals surface area contributed by atoms with Crippen LogP contribution in [-0.2, 0) is 24.2 Å². The lowest BCUT2D eigenvalue weighted by atomic mass is 9.92. The molecule has 6 heteroatoms. The molecule has 3 heterocycles. The second-order valence-electron chi connectivity index (χ2n) is 7.23. The van der Waals surface area contributed by atoms with Gasteiger partial charge >= 0.3 is 0 Å². The van der Waals surface area contributed by atoms with E-state index >= 15 is 0 Å². The number of ether oxygens (including phenoxy) is 1. The molecule has 0 aromatic carbocycles. The quantitative estimate of drug-likeness (QED) is 0.753. The minimum absolute atomic E-state index is 0.740. The molecule has 1 aliphatic heterocycles. The molecule has 6 nitrogen and oxygen atoms in total. The van der Waals surface area contributed by atoms with Crippen molar-refractivity contribution in [2.45, 2.75) is 64.1 Å². The highest BCUT2D eigenvalue weighted by Gasteiger charge is 2.30. The van der Waals surface area contributed by atoms with Crippen molar-refractivity contribution in [1.82, 2.24) is 19.7 Å². The smallest absolute Gasteiger partial charge is 0.181 e. The molecule has 1 fully saturated rings. The van der Waals surface area contributed by atoms with E-state index in [-0.39, 0.29) is 0 Å². The maximum absolute atomic E-state index is 5.22. The lowest BCUT2D eigenvalue weighted by molar-refractivity contribution is 0.139. The summed E-state index contributed by atoms with van der Waals surface area (Å²) in [6, 6.07) is 0.740. The van der Waals surface area contributed by atoms with E-state index in [1.54, 1.807) is 13.4 Å². The van der Waals surface area contributed by atoms with E-state index in [9.17, 15) is 0 Å². The van der Waals surface area contributed by atoms with Crippen LogP contribution in [0.25, 0.3) is 11.4 Å². The van der Waals surface area contributed by atoms with Gasteiger partial charge in [-0.2, -0.15) is 5.10 Å². The van der Waals surface area contributed by atoms with Crippen LogP contribution in [0.4, 0.5) is 0 Å². The standard InChI is InChI=1S/C19H28N4O2/c1-24-11-5-9-23-18-8-10-22(15-6-3-2-4-7-15)12-16(18)19(21-23)17-13-25-14-20-17/h13-15H,2-12H2,1H3. The summed E-state index contributed by atoms with van der Waals surface area (Å²) < 4.78 is 12.6. The average Bonchev–Trinajstić information content (AvgIpc) is 3.30. The number of fused-ring (bicyclic) bond motifs is 1. The van der Waals surface area contributed by atoms with Crippen LogP contribution in [0.3, 0.4) is 0 Å². The van der Waals surface area contributed by atoms with Crippen LogP contribution in [0.1, 0.15) is 49.8 Å². The van der Waals surface area contributed by atoms with E-state index < -0.39 is 0 Å². The summed E-state index contributed by atoms with van der Waals surface area (Å²) in [5.41, 5.74) is 4.58. The summed E-state index contributed by atoms with van der Waals surface area (Å²) in [6.45, 7) is 3.80. The predicted molar refractivity (Wildman–Crippen MR) is 95.2 cm³/mol. The Morgan fingerprint density at radius 2 is 2.16 bits per heavy atom. The molecule has 0 unspecified atom stereocenters. The first-order valence-corrected chi connectivity index (χ1v) is 9.57. The van der Waals surface area contributed by atoms with Gasteiger partial charge in [-0.1, -0.05) is 19.3 Å². The van der Waals surface area contributed by atoms with Gasteiger partial charge in [0.1, 0.15) is 17.7 Å². The number of oxazole rings is 1. The van der Waals surface area contributed by atoms with Gasteiger partial charge in [-0.05, 0) is 19.3 Å². The van der Waals surface area contributed by atoms with Crippen molar-refractivity contribution in [3.05, 3.63) is 23.9 Å². The Kier molecular flexibility index (Phi) is 5.17. The first-order chi connectivity index (χ1) is 12.4. The predicted octanol–water partition coefficient (Wildman–Crippen LogP) is 3.27. The van der Waals surface area contributed by atoms with Crippen molar-refractivity contribution in [2.24, 2.45) is 0 Å². The number of methoxy groups -OCH3 is 1. The Morgan fingerprint density at radius 3 is 2.92 bits per heavy atom. The van der Waals surface area contributed by atoms with Crippen molar-refractivity contribution in [2.75, 3.05) is 20.3 Å². The van der Waals surface area contributed by atoms with Crippen molar-refractivity contribution in [3.63, 3.8) is 0 Å². The fraction of sp³-hybridized carbons (Fsp3) is 0.684. The SMILES string of the molecule is COCCCn1nc(-c2cocn2)c2c1CCN(C1CCCCC1)C2. The molecule has 0 N–H and O–H groups in total. The van der Waals surface area contributed by atoms with Crippen LogP contribution in [0.15, 0.2) is 17.1 Å². The zero-order valence-corrected chi connectivity index (χ0v) is 15.1. The van der Waals surface area contributed by atoms with Gasteiger partial charge in [-0.15, -0.1) is 0 Å². The topological polar surface area (TPSA) is 56.3 Å². The molecule has 2 aromatic heterocycles. The third-order valence-electron chi connectivity index (χ3n) is 5.65. The number of rotatable bonds is 6. The van der Waals surface area contributed by atoms with Gasteiger partial charge in [0, 0.05) is 57.1 Å². The minimum Gasteiger partial charge on any atom is -0.451 e. The molecule has 1 saturated carbocycles. The van der Waals surface area contributed by atoms with E-state index in [2.05, 4.69) is 14.6 Å². The van der Waals surface area contributed by atoms with Crippen molar-refractivity contribution in [3.8, 4) is 11.4 Å². The molecule has 0 radical (unpaired) electrons. The van der Waals surface area contributed by atoms with Gasteiger partial charge in [-0.25, -0.2) is 4.98 Å². The highest BCUT2D eigenvalue weighted by molar-refractivity contribution is 5.59. The fourth-order valence-electron chi connectivity index (χ4n) is 4.35. The highest BCUT2D eigenvalue weighted by atomic mass is 16.5. The van der Waals surface area contributed by atoms with Crippen LogP contribution in [0.5, 0.6) is 0 Å². The summed E-state index contributed by atoms with van der Waals surface area (Å²) in [7, 11) is 1.75. The largest absolute Gasteiger partial charge is 0.451 e. The number of aryl methyl sites for hydroxylation is 1. The maximum Gasteiger partial charge on any atom is 0.181 e. The molecular formula is C19H28N4O2. The fourth-order valence-corrected chi connectivity index (χ4v) is 4.35. The Balaban J connectivity index is 1.60. The monoisotopic (exact) mass is 344 g/mol. The van der Waals surface area contributed by atoms with E-state index in [1.165, 1.54) is 49.8 Å². The Morgan fingerprint density at radius 1 is 1.28 bits per heavy atom. The van der Waals surface area contributed by atoms with Crippen LogP contribution in [-0.4, -0.2) is 46.0 Å². The summed E-state index contributed by atoms with van der Waals surface area (Å²) >= 11 is 0. The van der Waals surface area contributed by atoms with Gasteiger partial charge in [0.25, 0.3) is 0 Å². The molecule has 0 saturated heterocycles. The summed E-state index contributed by atoms with van der Waals surface area (Å²) in [5, 5.41) is 4.90. The van der Waals surface area contributed by atoms with E-state index in [0.29, 0.717) is 0 Å². The van der Waals surface area contributed by atoms with Gasteiger partial charge in [0.2, 0.25) is 0 Å². The lowest BCUT2D eigenvalue weighted by Gasteiger charge is -2.37. The number of hydrogen-bond acceptors (Lipinski definition) is 5. The molecule has 0 atom stereocenters. The van der Waals surface area contributed by atoms with Crippen molar-refractivity contribution >= 4 is 0 Å². The van der Waals surface area contributed by atoms with Gasteiger partial charge in [0.05, 0.1) is 0 Å². The zero-order chi connectivity index (χ0) is 17.1. The molecular weight excluding hydrogens is 316 g/mol. The maximum atomic E-state index is 5.22. The third-order valence-corrected chi connectivity index (χ3v) is 5.65. The molecule has 0 amide bonds. The third kappa shape index (κ3) is 3.51.